The third kappa shape index (κ3) is 6.98. The molecular weight excluding hydrogens is 190 g/mol. The number of sulfone groups is 1. The summed E-state index contributed by atoms with van der Waals surface area (Å²) in [6, 6.07) is -0.0310. The van der Waals surface area contributed by atoms with Crippen LogP contribution >= 0.6 is 0 Å². The van der Waals surface area contributed by atoms with Crippen LogP contribution < -0.4 is 5.32 Å². The molecule has 0 bridgehead atoms. The lowest BCUT2D eigenvalue weighted by Gasteiger charge is -2.12. The van der Waals surface area contributed by atoms with Gasteiger partial charge in [-0.1, -0.05) is 6.92 Å². The average Bonchev–Trinajstić information content (AvgIpc) is 2.04. The first kappa shape index (κ1) is 12.9. The van der Waals surface area contributed by atoms with Gasteiger partial charge < -0.3 is 10.4 Å². The van der Waals surface area contributed by atoms with Crippen molar-refractivity contribution >= 4 is 9.84 Å². The van der Waals surface area contributed by atoms with E-state index >= 15 is 0 Å². The third-order valence-corrected chi connectivity index (χ3v) is 3.66. The lowest BCUT2D eigenvalue weighted by atomic mass is 10.3. The number of aliphatic hydroxyl groups is 1. The predicted molar refractivity (Wildman–Crippen MR) is 53.5 cm³/mol. The molecule has 0 aliphatic carbocycles. The van der Waals surface area contributed by atoms with Gasteiger partial charge in [-0.25, -0.2) is 8.42 Å². The van der Waals surface area contributed by atoms with Gasteiger partial charge in [0.2, 0.25) is 0 Å². The Bertz CT molecular complexity index is 213. The first-order chi connectivity index (χ1) is 6.02. The van der Waals surface area contributed by atoms with Crippen LogP contribution in [0.2, 0.25) is 0 Å². The number of hydrogen-bond acceptors (Lipinski definition) is 4. The van der Waals surface area contributed by atoms with Gasteiger partial charge in [0.25, 0.3) is 0 Å². The van der Waals surface area contributed by atoms with Crippen LogP contribution in [-0.2, 0) is 9.84 Å². The highest BCUT2D eigenvalue weighted by molar-refractivity contribution is 7.91. The molecular formula is C8H19NO3S. The molecule has 5 heteroatoms. The SMILES string of the molecule is CCS(=O)(=O)CC(C)NCCCO. The summed E-state index contributed by atoms with van der Waals surface area (Å²) in [5, 5.41) is 11.5. The second-order valence-corrected chi connectivity index (χ2v) is 5.53. The minimum absolute atomic E-state index is 0.0310. The molecule has 1 unspecified atom stereocenters. The van der Waals surface area contributed by atoms with Crippen LogP contribution in [0.4, 0.5) is 0 Å². The standard InChI is InChI=1S/C8H19NO3S/c1-3-13(11,12)7-8(2)9-5-4-6-10/h8-10H,3-7H2,1-2H3. The van der Waals surface area contributed by atoms with Gasteiger partial charge >= 0.3 is 0 Å². The molecule has 0 amide bonds. The van der Waals surface area contributed by atoms with Crippen molar-refractivity contribution < 1.29 is 13.5 Å². The quantitative estimate of drug-likeness (QED) is 0.569. The molecule has 80 valence electrons. The van der Waals surface area contributed by atoms with Crippen LogP contribution in [0.3, 0.4) is 0 Å². The molecule has 2 N–H and O–H groups in total. The number of rotatable bonds is 7. The molecule has 4 nitrogen and oxygen atoms in total. The Morgan fingerprint density at radius 2 is 2.08 bits per heavy atom. The van der Waals surface area contributed by atoms with E-state index in [0.717, 1.165) is 0 Å². The van der Waals surface area contributed by atoms with Crippen LogP contribution in [-0.4, -0.2) is 44.2 Å². The first-order valence-electron chi connectivity index (χ1n) is 4.56. The smallest absolute Gasteiger partial charge is 0.151 e. The molecule has 0 saturated carbocycles. The fourth-order valence-electron chi connectivity index (χ4n) is 0.985. The van der Waals surface area contributed by atoms with E-state index in [1.165, 1.54) is 0 Å². The van der Waals surface area contributed by atoms with Crippen molar-refractivity contribution in [2.24, 2.45) is 0 Å². The lowest BCUT2D eigenvalue weighted by Crippen LogP contribution is -2.34. The van der Waals surface area contributed by atoms with E-state index in [0.29, 0.717) is 13.0 Å². The third-order valence-electron chi connectivity index (χ3n) is 1.77. The zero-order chi connectivity index (χ0) is 10.3. The van der Waals surface area contributed by atoms with Crippen molar-refractivity contribution in [3.05, 3.63) is 0 Å². The second kappa shape index (κ2) is 6.34. The van der Waals surface area contributed by atoms with E-state index in [1.807, 2.05) is 6.92 Å². The van der Waals surface area contributed by atoms with Crippen molar-refractivity contribution in [2.45, 2.75) is 26.3 Å². The summed E-state index contributed by atoms with van der Waals surface area (Å²) in [6.45, 7) is 4.29. The molecule has 0 spiro atoms. The molecule has 0 aromatic carbocycles. The largest absolute Gasteiger partial charge is 0.396 e. The van der Waals surface area contributed by atoms with Gasteiger partial charge in [0.1, 0.15) is 0 Å². The van der Waals surface area contributed by atoms with Crippen LogP contribution in [0.1, 0.15) is 20.3 Å². The molecule has 0 aromatic heterocycles. The van der Waals surface area contributed by atoms with Gasteiger partial charge in [-0.15, -0.1) is 0 Å². The van der Waals surface area contributed by atoms with Gasteiger partial charge in [-0.2, -0.15) is 0 Å². The van der Waals surface area contributed by atoms with Crippen molar-refractivity contribution in [3.8, 4) is 0 Å². The number of hydrogen-bond donors (Lipinski definition) is 2. The maximum absolute atomic E-state index is 11.2. The summed E-state index contributed by atoms with van der Waals surface area (Å²) < 4.78 is 22.3. The van der Waals surface area contributed by atoms with E-state index in [-0.39, 0.29) is 24.2 Å². The lowest BCUT2D eigenvalue weighted by molar-refractivity contribution is 0.284. The molecule has 1 atom stereocenters. The van der Waals surface area contributed by atoms with E-state index in [2.05, 4.69) is 5.32 Å². The molecule has 0 aliphatic rings. The minimum atomic E-state index is -2.88. The zero-order valence-corrected chi connectivity index (χ0v) is 9.10. The molecule has 0 radical (unpaired) electrons. The molecule has 0 rings (SSSR count). The zero-order valence-electron chi connectivity index (χ0n) is 8.28. The summed E-state index contributed by atoms with van der Waals surface area (Å²) >= 11 is 0. The molecule has 0 heterocycles. The van der Waals surface area contributed by atoms with Crippen LogP contribution in [0.15, 0.2) is 0 Å². The Morgan fingerprint density at radius 1 is 1.46 bits per heavy atom. The molecule has 0 saturated heterocycles. The number of aliphatic hydroxyl groups excluding tert-OH is 1. The molecule has 13 heavy (non-hydrogen) atoms. The Labute approximate surface area is 80.3 Å². The van der Waals surface area contributed by atoms with E-state index in [1.54, 1.807) is 6.92 Å². The summed E-state index contributed by atoms with van der Waals surface area (Å²) in [5.74, 6) is 0.369. The fourth-order valence-corrected chi connectivity index (χ4v) is 2.10. The first-order valence-corrected chi connectivity index (χ1v) is 6.38. The number of nitrogens with one attached hydrogen (secondary N) is 1. The minimum Gasteiger partial charge on any atom is -0.396 e. The summed E-state index contributed by atoms with van der Waals surface area (Å²) in [7, 11) is -2.88. The average molecular weight is 209 g/mol. The highest BCUT2D eigenvalue weighted by atomic mass is 32.2. The van der Waals surface area contributed by atoms with Crippen LogP contribution in [0.25, 0.3) is 0 Å². The van der Waals surface area contributed by atoms with Crippen LogP contribution in [0, 0.1) is 0 Å². The van der Waals surface area contributed by atoms with Crippen molar-refractivity contribution in [1.82, 2.24) is 5.32 Å². The van der Waals surface area contributed by atoms with E-state index in [9.17, 15) is 8.42 Å². The monoisotopic (exact) mass is 209 g/mol. The van der Waals surface area contributed by atoms with Crippen molar-refractivity contribution in [1.29, 1.82) is 0 Å². The van der Waals surface area contributed by atoms with E-state index < -0.39 is 9.84 Å². The summed E-state index contributed by atoms with van der Waals surface area (Å²) in [4.78, 5) is 0. The van der Waals surface area contributed by atoms with Crippen LogP contribution in [0.5, 0.6) is 0 Å². The van der Waals surface area contributed by atoms with Crippen molar-refractivity contribution in [3.63, 3.8) is 0 Å². The second-order valence-electron chi connectivity index (χ2n) is 3.13. The van der Waals surface area contributed by atoms with Gasteiger partial charge in [0.05, 0.1) is 5.75 Å². The van der Waals surface area contributed by atoms with Gasteiger partial charge in [-0.05, 0) is 19.9 Å². The summed E-state index contributed by atoms with van der Waals surface area (Å²) in [5.41, 5.74) is 0. The van der Waals surface area contributed by atoms with Gasteiger partial charge in [0.15, 0.2) is 9.84 Å². The predicted octanol–water partition coefficient (Wildman–Crippen LogP) is -0.218. The maximum Gasteiger partial charge on any atom is 0.151 e. The Hall–Kier alpha value is -0.130. The highest BCUT2D eigenvalue weighted by Crippen LogP contribution is 1.94. The molecule has 0 aromatic rings. The topological polar surface area (TPSA) is 66.4 Å². The van der Waals surface area contributed by atoms with Gasteiger partial charge in [-0.3, -0.25) is 0 Å². The summed E-state index contributed by atoms with van der Waals surface area (Å²) in [6.07, 6.45) is 0.663. The Morgan fingerprint density at radius 3 is 2.54 bits per heavy atom. The van der Waals surface area contributed by atoms with Gasteiger partial charge in [0, 0.05) is 18.4 Å². The van der Waals surface area contributed by atoms with E-state index in [4.69, 9.17) is 5.11 Å². The fraction of sp³-hybridized carbons (Fsp3) is 1.00. The molecule has 0 aliphatic heterocycles. The molecule has 0 fully saturated rings. The maximum atomic E-state index is 11.2. The highest BCUT2D eigenvalue weighted by Gasteiger charge is 2.12. The normalized spacial score (nSPS) is 14.4. The Balaban J connectivity index is 3.68. The van der Waals surface area contributed by atoms with Crippen molar-refractivity contribution in [2.75, 3.05) is 24.7 Å². The Kier molecular flexibility index (Phi) is 6.28.